The Bertz CT molecular complexity index is 1100. The smallest absolute Gasteiger partial charge is 0.232 e. The summed E-state index contributed by atoms with van der Waals surface area (Å²) in [5.74, 6) is -0.0104. The summed E-state index contributed by atoms with van der Waals surface area (Å²) in [7, 11) is 0. The number of amides is 1. The minimum atomic E-state index is -0.509. The van der Waals surface area contributed by atoms with Crippen molar-refractivity contribution in [2.45, 2.75) is 32.7 Å². The molecule has 2 heterocycles. The van der Waals surface area contributed by atoms with E-state index in [2.05, 4.69) is 45.8 Å². The van der Waals surface area contributed by atoms with Crippen molar-refractivity contribution in [2.24, 2.45) is 11.3 Å². The number of halogens is 1. The summed E-state index contributed by atoms with van der Waals surface area (Å²) in [5, 5.41) is 10.6. The maximum absolute atomic E-state index is 13.3. The lowest BCUT2D eigenvalue weighted by atomic mass is 9.73. The summed E-state index contributed by atoms with van der Waals surface area (Å²) >= 11 is 2.30. The lowest BCUT2D eigenvalue weighted by Gasteiger charge is -2.49. The van der Waals surface area contributed by atoms with Gasteiger partial charge in [0.15, 0.2) is 0 Å². The van der Waals surface area contributed by atoms with E-state index in [4.69, 9.17) is 0 Å². The van der Waals surface area contributed by atoms with Gasteiger partial charge in [-0.1, -0.05) is 36.4 Å². The third kappa shape index (κ3) is 3.74. The number of hydrogen-bond acceptors (Lipinski definition) is 3. The van der Waals surface area contributed by atoms with E-state index >= 15 is 0 Å². The number of aromatic nitrogens is 1. The number of hydrogen-bond donors (Lipinski definition) is 0. The zero-order chi connectivity index (χ0) is 20.6. The highest BCUT2D eigenvalue weighted by atomic mass is 127. The molecular formula is C24H22IN3O. The molecule has 29 heavy (non-hydrogen) atoms. The van der Waals surface area contributed by atoms with Gasteiger partial charge >= 0.3 is 0 Å². The van der Waals surface area contributed by atoms with Gasteiger partial charge in [0.1, 0.15) is 0 Å². The number of benzene rings is 2. The molecule has 0 aliphatic carbocycles. The van der Waals surface area contributed by atoms with Crippen LogP contribution in [0.25, 0.3) is 10.9 Å². The van der Waals surface area contributed by atoms with Crippen molar-refractivity contribution in [3.63, 3.8) is 0 Å². The second-order valence-electron chi connectivity index (χ2n) is 8.24. The molecule has 1 aliphatic rings. The average Bonchev–Trinajstić information content (AvgIpc) is 2.74. The molecule has 1 fully saturated rings. The predicted molar refractivity (Wildman–Crippen MR) is 123 cm³/mol. The first-order valence-corrected chi connectivity index (χ1v) is 10.8. The Kier molecular flexibility index (Phi) is 5.30. The van der Waals surface area contributed by atoms with Crippen LogP contribution in [0, 0.1) is 26.2 Å². The van der Waals surface area contributed by atoms with Gasteiger partial charge in [-0.2, -0.15) is 5.26 Å². The maximum Gasteiger partial charge on any atom is 0.232 e. The zero-order valence-electron chi connectivity index (χ0n) is 16.5. The molecule has 0 saturated carbocycles. The first-order valence-electron chi connectivity index (χ1n) is 9.73. The molecule has 2 aromatic carbocycles. The molecule has 1 saturated heterocycles. The summed E-state index contributed by atoms with van der Waals surface area (Å²) in [4.78, 5) is 19.7. The van der Waals surface area contributed by atoms with Gasteiger partial charge in [0.2, 0.25) is 5.91 Å². The molecule has 2 atom stereocenters. The van der Waals surface area contributed by atoms with Crippen LogP contribution in [0.15, 0.2) is 60.8 Å². The van der Waals surface area contributed by atoms with E-state index in [1.807, 2.05) is 61.2 Å². The molecule has 0 spiro atoms. The van der Waals surface area contributed by atoms with Gasteiger partial charge in [-0.3, -0.25) is 9.78 Å². The minimum absolute atomic E-state index is 0.0253. The maximum atomic E-state index is 13.3. The lowest BCUT2D eigenvalue weighted by molar-refractivity contribution is -0.130. The summed E-state index contributed by atoms with van der Waals surface area (Å²) in [6, 6.07) is 20.5. The zero-order valence-corrected chi connectivity index (χ0v) is 18.6. The van der Waals surface area contributed by atoms with E-state index in [0.717, 1.165) is 25.7 Å². The standard InChI is InChI=1S/C24H22IN3O/c1-24(2,15-26)14-21-18(13-16-7-4-3-5-8-16)23(29)28(21)20-11-10-19(25)17-9-6-12-27-22(17)20/h3-12,18,21H,13-14H2,1-2H3. The predicted octanol–water partition coefficient (Wildman–Crippen LogP) is 5.35. The van der Waals surface area contributed by atoms with Crippen molar-refractivity contribution >= 4 is 45.1 Å². The minimum Gasteiger partial charge on any atom is -0.306 e. The van der Waals surface area contributed by atoms with Gasteiger partial charge in [-0.15, -0.1) is 0 Å². The van der Waals surface area contributed by atoms with Gasteiger partial charge in [0, 0.05) is 15.2 Å². The van der Waals surface area contributed by atoms with Crippen LogP contribution in [0.1, 0.15) is 25.8 Å². The molecule has 146 valence electrons. The highest BCUT2D eigenvalue weighted by Crippen LogP contribution is 2.43. The largest absolute Gasteiger partial charge is 0.306 e. The number of fused-ring (bicyclic) bond motifs is 1. The first kappa shape index (κ1) is 19.8. The fraction of sp³-hybridized carbons (Fsp3) is 0.292. The fourth-order valence-corrected chi connectivity index (χ4v) is 4.73. The van der Waals surface area contributed by atoms with E-state index in [1.54, 1.807) is 6.20 Å². The number of carbonyl (C=O) groups excluding carboxylic acids is 1. The van der Waals surface area contributed by atoms with Gasteiger partial charge in [-0.25, -0.2) is 0 Å². The van der Waals surface area contributed by atoms with Crippen LogP contribution in [0.2, 0.25) is 0 Å². The van der Waals surface area contributed by atoms with Crippen molar-refractivity contribution in [1.82, 2.24) is 4.98 Å². The van der Waals surface area contributed by atoms with Crippen LogP contribution in [0.5, 0.6) is 0 Å². The van der Waals surface area contributed by atoms with E-state index in [0.29, 0.717) is 12.8 Å². The number of carbonyl (C=O) groups is 1. The number of β-lactam (4-membered cyclic amide) rings is 1. The van der Waals surface area contributed by atoms with Crippen LogP contribution in [-0.4, -0.2) is 16.9 Å². The van der Waals surface area contributed by atoms with Gasteiger partial charge in [-0.05, 0) is 73.0 Å². The van der Waals surface area contributed by atoms with E-state index in [1.165, 1.54) is 0 Å². The molecule has 5 heteroatoms. The Morgan fingerprint density at radius 3 is 2.62 bits per heavy atom. The Hall–Kier alpha value is -2.46. The van der Waals surface area contributed by atoms with Gasteiger partial charge in [0.05, 0.1) is 34.6 Å². The van der Waals surface area contributed by atoms with Crippen LogP contribution in [0.4, 0.5) is 5.69 Å². The molecule has 2 unspecified atom stereocenters. The van der Waals surface area contributed by atoms with Crippen molar-refractivity contribution in [3.8, 4) is 6.07 Å². The highest BCUT2D eigenvalue weighted by molar-refractivity contribution is 14.1. The third-order valence-electron chi connectivity index (χ3n) is 5.63. The number of anilines is 1. The first-order chi connectivity index (χ1) is 13.9. The number of pyridine rings is 1. The van der Waals surface area contributed by atoms with E-state index < -0.39 is 5.41 Å². The number of rotatable bonds is 5. The quantitative estimate of drug-likeness (QED) is 0.354. The second-order valence-corrected chi connectivity index (χ2v) is 9.40. The Morgan fingerprint density at radius 2 is 1.90 bits per heavy atom. The Morgan fingerprint density at radius 1 is 1.14 bits per heavy atom. The Labute approximate surface area is 184 Å². The molecular weight excluding hydrogens is 473 g/mol. The molecule has 4 rings (SSSR count). The molecule has 0 radical (unpaired) electrons. The molecule has 4 nitrogen and oxygen atoms in total. The van der Waals surface area contributed by atoms with Crippen molar-refractivity contribution in [2.75, 3.05) is 4.90 Å². The highest BCUT2D eigenvalue weighted by Gasteiger charge is 2.50. The van der Waals surface area contributed by atoms with Crippen LogP contribution < -0.4 is 4.90 Å². The summed E-state index contributed by atoms with van der Waals surface area (Å²) in [5.41, 5.74) is 2.32. The number of nitriles is 1. The second kappa shape index (κ2) is 7.75. The molecule has 3 aromatic rings. The molecule has 1 amide bonds. The van der Waals surface area contributed by atoms with E-state index in [-0.39, 0.29) is 17.9 Å². The normalized spacial score (nSPS) is 19.1. The fourth-order valence-electron chi connectivity index (χ4n) is 4.11. The average molecular weight is 495 g/mol. The molecule has 1 aromatic heterocycles. The van der Waals surface area contributed by atoms with Crippen LogP contribution in [-0.2, 0) is 11.2 Å². The van der Waals surface area contributed by atoms with Crippen molar-refractivity contribution in [3.05, 3.63) is 69.9 Å². The topological polar surface area (TPSA) is 57.0 Å². The third-order valence-corrected chi connectivity index (χ3v) is 6.57. The van der Waals surface area contributed by atoms with Crippen molar-refractivity contribution in [1.29, 1.82) is 5.26 Å². The summed E-state index contributed by atoms with van der Waals surface area (Å²) < 4.78 is 1.11. The SMILES string of the molecule is CC(C)(C#N)CC1C(Cc2ccccc2)C(=O)N1c1ccc(I)c2cccnc12. The molecule has 0 N–H and O–H groups in total. The lowest BCUT2D eigenvalue weighted by Crippen LogP contribution is -2.63. The van der Waals surface area contributed by atoms with Crippen LogP contribution in [0.3, 0.4) is 0 Å². The van der Waals surface area contributed by atoms with Gasteiger partial charge in [0.25, 0.3) is 0 Å². The summed E-state index contributed by atoms with van der Waals surface area (Å²) in [6.07, 6.45) is 3.09. The van der Waals surface area contributed by atoms with Gasteiger partial charge < -0.3 is 4.90 Å². The molecule has 1 aliphatic heterocycles. The number of nitrogens with zero attached hydrogens (tertiary/aromatic N) is 3. The van der Waals surface area contributed by atoms with Crippen molar-refractivity contribution < 1.29 is 4.79 Å². The van der Waals surface area contributed by atoms with E-state index in [9.17, 15) is 10.1 Å². The Balaban J connectivity index is 1.74. The monoisotopic (exact) mass is 495 g/mol. The van der Waals surface area contributed by atoms with Crippen LogP contribution >= 0.6 is 22.6 Å². The summed E-state index contributed by atoms with van der Waals surface area (Å²) in [6.45, 7) is 3.88. The molecule has 0 bridgehead atoms.